The van der Waals surface area contributed by atoms with E-state index in [0.29, 0.717) is 31.6 Å². The number of rotatable bonds is 7. The van der Waals surface area contributed by atoms with E-state index in [2.05, 4.69) is 19.1 Å². The van der Waals surface area contributed by atoms with Gasteiger partial charge in [0.05, 0.1) is 19.1 Å². The molecule has 4 rings (SSSR count). The summed E-state index contributed by atoms with van der Waals surface area (Å²) in [5, 5.41) is 9.82. The highest BCUT2D eigenvalue weighted by atomic mass is 35.5. The first-order chi connectivity index (χ1) is 15.1. The van der Waals surface area contributed by atoms with Gasteiger partial charge < -0.3 is 19.3 Å². The maximum Gasteiger partial charge on any atom is 0.168 e. The lowest BCUT2D eigenvalue weighted by molar-refractivity contribution is -0.180. The normalized spacial score (nSPS) is 19.4. The van der Waals surface area contributed by atoms with E-state index >= 15 is 0 Å². The van der Waals surface area contributed by atoms with Gasteiger partial charge in [0.25, 0.3) is 0 Å². The van der Waals surface area contributed by atoms with Crippen LogP contribution in [0.3, 0.4) is 0 Å². The van der Waals surface area contributed by atoms with Crippen LogP contribution in [0.25, 0.3) is 5.57 Å². The molecule has 0 aromatic heterocycles. The molecule has 0 unspecified atom stereocenters. The van der Waals surface area contributed by atoms with Crippen LogP contribution in [0.4, 0.5) is 0 Å². The second kappa shape index (κ2) is 10.1. The van der Waals surface area contributed by atoms with Crippen molar-refractivity contribution in [2.45, 2.75) is 44.8 Å². The molecule has 5 heteroatoms. The summed E-state index contributed by atoms with van der Waals surface area (Å²) in [5.74, 6) is 1.70. The third-order valence-corrected chi connectivity index (χ3v) is 6.55. The molecule has 2 fully saturated rings. The topological polar surface area (TPSA) is 47.9 Å². The van der Waals surface area contributed by atoms with E-state index in [9.17, 15) is 5.11 Å². The van der Waals surface area contributed by atoms with Gasteiger partial charge >= 0.3 is 0 Å². The Balaban J connectivity index is 1.68. The number of benzene rings is 2. The summed E-state index contributed by atoms with van der Waals surface area (Å²) in [4.78, 5) is 0. The minimum Gasteiger partial charge on any atom is -0.508 e. The Morgan fingerprint density at radius 1 is 1.00 bits per heavy atom. The van der Waals surface area contributed by atoms with Crippen molar-refractivity contribution in [1.82, 2.24) is 0 Å². The molecule has 0 bridgehead atoms. The fraction of sp³-hybridized carbons (Fsp3) is 0.462. The van der Waals surface area contributed by atoms with Crippen LogP contribution in [-0.4, -0.2) is 36.6 Å². The lowest BCUT2D eigenvalue weighted by Gasteiger charge is -2.37. The van der Waals surface area contributed by atoms with Crippen LogP contribution in [0.1, 0.15) is 50.2 Å². The lowest BCUT2D eigenvalue weighted by Crippen LogP contribution is -2.35. The van der Waals surface area contributed by atoms with E-state index in [-0.39, 0.29) is 11.5 Å². The smallest absolute Gasteiger partial charge is 0.168 e. The fourth-order valence-corrected chi connectivity index (χ4v) is 4.98. The van der Waals surface area contributed by atoms with Gasteiger partial charge in [-0.15, -0.1) is 11.6 Å². The molecule has 1 aliphatic carbocycles. The molecule has 1 spiro atoms. The zero-order valence-corrected chi connectivity index (χ0v) is 18.9. The second-order valence-corrected chi connectivity index (χ2v) is 8.62. The molecule has 0 radical (unpaired) electrons. The quantitative estimate of drug-likeness (QED) is 0.522. The average molecular weight is 443 g/mol. The maximum absolute atomic E-state index is 9.82. The Hall–Kier alpha value is -2.01. The van der Waals surface area contributed by atoms with Crippen LogP contribution in [0.2, 0.25) is 0 Å². The molecular weight excluding hydrogens is 412 g/mol. The third kappa shape index (κ3) is 5.08. The predicted molar refractivity (Wildman–Crippen MR) is 124 cm³/mol. The van der Waals surface area contributed by atoms with Crippen LogP contribution in [0.5, 0.6) is 11.5 Å². The summed E-state index contributed by atoms with van der Waals surface area (Å²) in [5.41, 5.74) is 4.99. The zero-order valence-electron chi connectivity index (χ0n) is 18.1. The molecule has 1 saturated carbocycles. The molecule has 2 aliphatic rings. The SMILES string of the molecule is CCC(=C(c1ccc(O)cc1)c1ccc(OCCCl)cc1)C1CCC2(CC1)OCCO2. The Bertz CT molecular complexity index is 873. The summed E-state index contributed by atoms with van der Waals surface area (Å²) in [6.45, 7) is 4.15. The van der Waals surface area contributed by atoms with Crippen LogP contribution >= 0.6 is 11.6 Å². The number of aromatic hydroxyl groups is 1. The Kier molecular flexibility index (Phi) is 7.21. The van der Waals surface area contributed by atoms with Crippen molar-refractivity contribution >= 4 is 17.2 Å². The number of phenolic OH excluding ortho intramolecular Hbond substituents is 1. The van der Waals surface area contributed by atoms with Crippen molar-refractivity contribution in [3.05, 3.63) is 65.2 Å². The molecule has 1 heterocycles. The molecule has 0 amide bonds. The number of allylic oxidation sites excluding steroid dienone is 1. The summed E-state index contributed by atoms with van der Waals surface area (Å²) >= 11 is 5.75. The van der Waals surface area contributed by atoms with E-state index in [4.69, 9.17) is 25.8 Å². The summed E-state index contributed by atoms with van der Waals surface area (Å²) < 4.78 is 17.5. The molecule has 4 nitrogen and oxygen atoms in total. The molecule has 2 aromatic rings. The molecule has 1 aliphatic heterocycles. The van der Waals surface area contributed by atoms with E-state index < -0.39 is 0 Å². The van der Waals surface area contributed by atoms with Crippen LogP contribution < -0.4 is 4.74 Å². The molecule has 166 valence electrons. The first kappa shape index (κ1) is 22.2. The lowest BCUT2D eigenvalue weighted by atomic mass is 9.76. The summed E-state index contributed by atoms with van der Waals surface area (Å²) in [6, 6.07) is 15.8. The minimum atomic E-state index is -0.352. The average Bonchev–Trinajstić information content (AvgIpc) is 3.26. The van der Waals surface area contributed by atoms with Crippen molar-refractivity contribution in [3.8, 4) is 11.5 Å². The van der Waals surface area contributed by atoms with Gasteiger partial charge in [-0.25, -0.2) is 0 Å². The predicted octanol–water partition coefficient (Wildman–Crippen LogP) is 6.16. The second-order valence-electron chi connectivity index (χ2n) is 8.24. The highest BCUT2D eigenvalue weighted by molar-refractivity contribution is 6.18. The largest absolute Gasteiger partial charge is 0.508 e. The van der Waals surface area contributed by atoms with Gasteiger partial charge in [-0.05, 0) is 66.1 Å². The number of hydrogen-bond donors (Lipinski definition) is 1. The van der Waals surface area contributed by atoms with Gasteiger partial charge in [0.1, 0.15) is 18.1 Å². The highest BCUT2D eigenvalue weighted by Crippen LogP contribution is 2.44. The molecule has 1 saturated heterocycles. The molecule has 2 aromatic carbocycles. The monoisotopic (exact) mass is 442 g/mol. The van der Waals surface area contributed by atoms with Crippen LogP contribution in [-0.2, 0) is 9.47 Å². The van der Waals surface area contributed by atoms with Crippen LogP contribution in [0.15, 0.2) is 54.1 Å². The first-order valence-electron chi connectivity index (χ1n) is 11.2. The van der Waals surface area contributed by atoms with Gasteiger partial charge in [-0.3, -0.25) is 0 Å². The van der Waals surface area contributed by atoms with Crippen molar-refractivity contribution in [2.75, 3.05) is 25.7 Å². The summed E-state index contributed by atoms with van der Waals surface area (Å²) in [6.07, 6.45) is 4.97. The van der Waals surface area contributed by atoms with Gasteiger partial charge in [-0.1, -0.05) is 36.8 Å². The van der Waals surface area contributed by atoms with Gasteiger partial charge in [0.15, 0.2) is 5.79 Å². The zero-order chi connectivity index (χ0) is 21.7. The first-order valence-corrected chi connectivity index (χ1v) is 11.8. The molecule has 31 heavy (non-hydrogen) atoms. The molecule has 0 atom stereocenters. The van der Waals surface area contributed by atoms with Crippen molar-refractivity contribution < 1.29 is 19.3 Å². The Labute approximate surface area is 189 Å². The van der Waals surface area contributed by atoms with Crippen molar-refractivity contribution in [2.24, 2.45) is 5.92 Å². The number of halogens is 1. The maximum atomic E-state index is 9.82. The van der Waals surface area contributed by atoms with E-state index in [0.717, 1.165) is 49.0 Å². The third-order valence-electron chi connectivity index (χ3n) is 6.40. The number of alkyl halides is 1. The number of hydrogen-bond acceptors (Lipinski definition) is 4. The Morgan fingerprint density at radius 2 is 1.58 bits per heavy atom. The van der Waals surface area contributed by atoms with E-state index in [1.807, 2.05) is 24.3 Å². The van der Waals surface area contributed by atoms with Crippen molar-refractivity contribution in [3.63, 3.8) is 0 Å². The molecular formula is C26H31ClO4. The van der Waals surface area contributed by atoms with Gasteiger partial charge in [-0.2, -0.15) is 0 Å². The Morgan fingerprint density at radius 3 is 2.13 bits per heavy atom. The van der Waals surface area contributed by atoms with E-state index in [1.54, 1.807) is 12.1 Å². The highest BCUT2D eigenvalue weighted by Gasteiger charge is 2.41. The van der Waals surface area contributed by atoms with Gasteiger partial charge in [0, 0.05) is 12.8 Å². The fourth-order valence-electron chi connectivity index (χ4n) is 4.90. The standard InChI is InChI=1S/C26H31ClO4/c1-2-24(19-11-13-26(14-12-19)30-17-18-31-26)25(20-3-7-22(28)8-4-20)21-5-9-23(10-6-21)29-16-15-27/h3-10,19,28H,2,11-18H2,1H3. The van der Waals surface area contributed by atoms with Crippen molar-refractivity contribution in [1.29, 1.82) is 0 Å². The number of phenols is 1. The molecule has 1 N–H and O–H groups in total. The number of ether oxygens (including phenoxy) is 3. The van der Waals surface area contributed by atoms with E-state index in [1.165, 1.54) is 11.1 Å². The minimum absolute atomic E-state index is 0.279. The van der Waals surface area contributed by atoms with Crippen LogP contribution in [0, 0.1) is 5.92 Å². The van der Waals surface area contributed by atoms with Gasteiger partial charge in [0.2, 0.25) is 0 Å². The summed E-state index contributed by atoms with van der Waals surface area (Å²) in [7, 11) is 0.